The van der Waals surface area contributed by atoms with E-state index in [-0.39, 0.29) is 12.5 Å². The molecule has 1 amide bonds. The molecule has 0 N–H and O–H groups in total. The number of nitrogens with zero attached hydrogens (tertiary/aromatic N) is 2. The lowest BCUT2D eigenvalue weighted by atomic mass is 10.0. The average Bonchev–Trinajstić information content (AvgIpc) is 3.32. The lowest BCUT2D eigenvalue weighted by Crippen LogP contribution is -2.23. The summed E-state index contributed by atoms with van der Waals surface area (Å²) in [6, 6.07) is 24.5. The van der Waals surface area contributed by atoms with Gasteiger partial charge in [0.2, 0.25) is 5.91 Å². The molecule has 0 aliphatic carbocycles. The maximum Gasteiger partial charge on any atom is 0.338 e. The second kappa shape index (κ2) is 10.1. The first-order valence-corrected chi connectivity index (χ1v) is 11.2. The van der Waals surface area contributed by atoms with E-state index in [0.29, 0.717) is 27.8 Å². The predicted octanol–water partition coefficient (Wildman–Crippen LogP) is 5.86. The third-order valence-electron chi connectivity index (χ3n) is 4.95. The van der Waals surface area contributed by atoms with E-state index in [0.717, 1.165) is 11.1 Å². The number of anilines is 2. The van der Waals surface area contributed by atoms with Crippen molar-refractivity contribution in [3.05, 3.63) is 95.5 Å². The molecular formula is C26H22N2O4S. The Kier molecular flexibility index (Phi) is 6.80. The molecule has 0 radical (unpaired) electrons. The summed E-state index contributed by atoms with van der Waals surface area (Å²) in [7, 11) is 1.55. The number of carbonyl (C=O) groups excluding carboxylic acids is 2. The second-order valence-corrected chi connectivity index (χ2v) is 8.00. The smallest absolute Gasteiger partial charge is 0.338 e. The summed E-state index contributed by atoms with van der Waals surface area (Å²) in [5.41, 5.74) is 3.73. The Labute approximate surface area is 196 Å². The van der Waals surface area contributed by atoms with E-state index in [1.54, 1.807) is 36.8 Å². The summed E-state index contributed by atoms with van der Waals surface area (Å²) in [5, 5.41) is 2.25. The van der Waals surface area contributed by atoms with Crippen molar-refractivity contribution >= 4 is 34.0 Å². The van der Waals surface area contributed by atoms with Crippen molar-refractivity contribution in [3.63, 3.8) is 0 Å². The summed E-state index contributed by atoms with van der Waals surface area (Å²) >= 11 is 1.29. The number of amides is 1. The second-order valence-electron chi connectivity index (χ2n) is 7.17. The third kappa shape index (κ3) is 5.10. The van der Waals surface area contributed by atoms with Crippen LogP contribution in [0.3, 0.4) is 0 Å². The van der Waals surface area contributed by atoms with Gasteiger partial charge >= 0.3 is 5.97 Å². The molecule has 6 nitrogen and oxygen atoms in total. The highest BCUT2D eigenvalue weighted by Gasteiger charge is 2.21. The standard InChI is InChI=1S/C26H22N2O4S/c1-18(29)28(23-10-6-7-11-24(23)31-2)26-27-22(17-33-26)16-32-25(30)21-14-12-20(13-15-21)19-8-4-3-5-9-19/h3-15,17H,16H2,1-2H3. The maximum atomic E-state index is 12.5. The SMILES string of the molecule is COc1ccccc1N(C(C)=O)c1nc(COC(=O)c2ccc(-c3ccccc3)cc2)cs1. The first kappa shape index (κ1) is 22.2. The Bertz CT molecular complexity index is 1250. The fraction of sp³-hybridized carbons (Fsp3) is 0.115. The highest BCUT2D eigenvalue weighted by atomic mass is 32.1. The van der Waals surface area contributed by atoms with Crippen LogP contribution in [-0.4, -0.2) is 24.0 Å². The van der Waals surface area contributed by atoms with Crippen molar-refractivity contribution in [2.75, 3.05) is 12.0 Å². The van der Waals surface area contributed by atoms with Crippen LogP contribution in [0.4, 0.5) is 10.8 Å². The molecule has 4 rings (SSSR count). The Balaban J connectivity index is 1.44. The zero-order valence-electron chi connectivity index (χ0n) is 18.2. The van der Waals surface area contributed by atoms with Crippen molar-refractivity contribution in [1.82, 2.24) is 4.98 Å². The van der Waals surface area contributed by atoms with Crippen LogP contribution < -0.4 is 9.64 Å². The largest absolute Gasteiger partial charge is 0.495 e. The molecule has 0 fully saturated rings. The van der Waals surface area contributed by atoms with E-state index >= 15 is 0 Å². The van der Waals surface area contributed by atoms with Crippen LogP contribution in [0.5, 0.6) is 5.75 Å². The Hall–Kier alpha value is -3.97. The fourth-order valence-electron chi connectivity index (χ4n) is 3.34. The molecule has 166 valence electrons. The molecule has 1 aromatic heterocycles. The van der Waals surface area contributed by atoms with Crippen molar-refractivity contribution in [2.45, 2.75) is 13.5 Å². The number of rotatable bonds is 7. The van der Waals surface area contributed by atoms with Crippen LogP contribution in [0, 0.1) is 0 Å². The number of thiazole rings is 1. The van der Waals surface area contributed by atoms with Crippen LogP contribution in [0.15, 0.2) is 84.2 Å². The minimum Gasteiger partial charge on any atom is -0.495 e. The van der Waals surface area contributed by atoms with Gasteiger partial charge in [0.1, 0.15) is 12.4 Å². The summed E-state index contributed by atoms with van der Waals surface area (Å²) in [6.07, 6.45) is 0. The number of hydrogen-bond donors (Lipinski definition) is 0. The van der Waals surface area contributed by atoms with Gasteiger partial charge in [-0.25, -0.2) is 9.78 Å². The van der Waals surface area contributed by atoms with E-state index in [2.05, 4.69) is 4.98 Å². The zero-order chi connectivity index (χ0) is 23.2. The first-order valence-electron chi connectivity index (χ1n) is 10.3. The van der Waals surface area contributed by atoms with E-state index in [1.807, 2.05) is 54.6 Å². The molecule has 0 aliphatic heterocycles. The molecule has 1 heterocycles. The van der Waals surface area contributed by atoms with Crippen molar-refractivity contribution < 1.29 is 19.1 Å². The number of benzene rings is 3. The van der Waals surface area contributed by atoms with Crippen LogP contribution in [0.25, 0.3) is 11.1 Å². The molecule has 0 saturated heterocycles. The lowest BCUT2D eigenvalue weighted by Gasteiger charge is -2.20. The van der Waals surface area contributed by atoms with Crippen LogP contribution in [0.2, 0.25) is 0 Å². The van der Waals surface area contributed by atoms with Gasteiger partial charge in [-0.1, -0.05) is 54.6 Å². The molecule has 3 aromatic carbocycles. The molecule has 7 heteroatoms. The lowest BCUT2D eigenvalue weighted by molar-refractivity contribution is -0.115. The highest BCUT2D eigenvalue weighted by molar-refractivity contribution is 7.14. The Morgan fingerprint density at radius 2 is 1.58 bits per heavy atom. The van der Waals surface area contributed by atoms with Gasteiger partial charge in [0.25, 0.3) is 0 Å². The monoisotopic (exact) mass is 458 g/mol. The fourth-order valence-corrected chi connectivity index (χ4v) is 4.20. The van der Waals surface area contributed by atoms with E-state index in [9.17, 15) is 9.59 Å². The van der Waals surface area contributed by atoms with Gasteiger partial charge in [0.15, 0.2) is 5.13 Å². The van der Waals surface area contributed by atoms with E-state index < -0.39 is 5.97 Å². The maximum absolute atomic E-state index is 12.5. The molecule has 0 atom stereocenters. The highest BCUT2D eigenvalue weighted by Crippen LogP contribution is 2.35. The normalized spacial score (nSPS) is 10.5. The van der Waals surface area contributed by atoms with Crippen molar-refractivity contribution in [2.24, 2.45) is 0 Å². The number of esters is 1. The Morgan fingerprint density at radius 3 is 2.27 bits per heavy atom. The summed E-state index contributed by atoms with van der Waals surface area (Å²) in [5.74, 6) is -0.0666. The van der Waals surface area contributed by atoms with Crippen molar-refractivity contribution in [3.8, 4) is 16.9 Å². The number of carbonyl (C=O) groups is 2. The minimum absolute atomic E-state index is 0.00738. The Morgan fingerprint density at radius 1 is 0.909 bits per heavy atom. The van der Waals surface area contributed by atoms with Gasteiger partial charge in [0.05, 0.1) is 24.1 Å². The topological polar surface area (TPSA) is 68.7 Å². The predicted molar refractivity (Wildman–Crippen MR) is 129 cm³/mol. The molecule has 0 unspecified atom stereocenters. The minimum atomic E-state index is -0.433. The van der Waals surface area contributed by atoms with Gasteiger partial charge in [-0.3, -0.25) is 9.69 Å². The van der Waals surface area contributed by atoms with Gasteiger partial charge in [-0.05, 0) is 35.4 Å². The summed E-state index contributed by atoms with van der Waals surface area (Å²) < 4.78 is 10.8. The zero-order valence-corrected chi connectivity index (χ0v) is 19.0. The van der Waals surface area contributed by atoms with Crippen LogP contribution >= 0.6 is 11.3 Å². The molecule has 33 heavy (non-hydrogen) atoms. The number of hydrogen-bond acceptors (Lipinski definition) is 6. The molecule has 0 aliphatic rings. The average molecular weight is 459 g/mol. The molecule has 0 saturated carbocycles. The van der Waals surface area contributed by atoms with Crippen LogP contribution in [-0.2, 0) is 16.1 Å². The first-order chi connectivity index (χ1) is 16.1. The van der Waals surface area contributed by atoms with E-state index in [4.69, 9.17) is 9.47 Å². The van der Waals surface area contributed by atoms with Gasteiger partial charge in [-0.2, -0.15) is 0 Å². The quantitative estimate of drug-likeness (QED) is 0.325. The number of aromatic nitrogens is 1. The van der Waals surface area contributed by atoms with Gasteiger partial charge < -0.3 is 9.47 Å². The summed E-state index contributed by atoms with van der Waals surface area (Å²) in [4.78, 5) is 30.8. The molecular weight excluding hydrogens is 436 g/mol. The summed E-state index contributed by atoms with van der Waals surface area (Å²) in [6.45, 7) is 1.47. The molecule has 0 spiro atoms. The van der Waals surface area contributed by atoms with Gasteiger partial charge in [0, 0.05) is 12.3 Å². The van der Waals surface area contributed by atoms with Gasteiger partial charge in [-0.15, -0.1) is 11.3 Å². The van der Waals surface area contributed by atoms with E-state index in [1.165, 1.54) is 23.2 Å². The number of ether oxygens (including phenoxy) is 2. The molecule has 4 aromatic rings. The van der Waals surface area contributed by atoms with Crippen molar-refractivity contribution in [1.29, 1.82) is 0 Å². The number of methoxy groups -OCH3 is 1. The third-order valence-corrected chi connectivity index (χ3v) is 5.83. The van der Waals surface area contributed by atoms with Crippen LogP contribution in [0.1, 0.15) is 23.0 Å². The molecule has 0 bridgehead atoms. The number of para-hydroxylation sites is 2.